The summed E-state index contributed by atoms with van der Waals surface area (Å²) >= 11 is 0. The van der Waals surface area contributed by atoms with Crippen LogP contribution in [0.3, 0.4) is 0 Å². The third-order valence-electron chi connectivity index (χ3n) is 6.28. The van der Waals surface area contributed by atoms with Crippen molar-refractivity contribution >= 4 is 39.2 Å². The van der Waals surface area contributed by atoms with E-state index in [1.165, 1.54) is 0 Å². The molecule has 5 heterocycles. The van der Waals surface area contributed by atoms with Crippen LogP contribution in [0.5, 0.6) is 0 Å². The Morgan fingerprint density at radius 3 is 2.88 bits per heavy atom. The Hall–Kier alpha value is -3.63. The molecule has 2 aliphatic heterocycles. The van der Waals surface area contributed by atoms with Crippen molar-refractivity contribution < 1.29 is 13.7 Å². The van der Waals surface area contributed by atoms with Gasteiger partial charge in [-0.15, -0.1) is 0 Å². The largest absolute Gasteiger partial charge is 0.377 e. The Bertz CT molecular complexity index is 1420. The number of aromatic amines is 1. The smallest absolute Gasteiger partial charge is 0.252 e. The molecule has 6 rings (SSSR count). The van der Waals surface area contributed by atoms with Crippen molar-refractivity contribution in [3.05, 3.63) is 60.6 Å². The Morgan fingerprint density at radius 1 is 1.21 bits per heavy atom. The molecule has 34 heavy (non-hydrogen) atoms. The van der Waals surface area contributed by atoms with E-state index in [-0.39, 0.29) is 5.91 Å². The number of nitrogens with one attached hydrogen (secondary N) is 1. The fourth-order valence-corrected chi connectivity index (χ4v) is 5.05. The van der Waals surface area contributed by atoms with Gasteiger partial charge >= 0.3 is 0 Å². The Labute approximate surface area is 198 Å². The first-order valence-electron chi connectivity index (χ1n) is 11.0. The maximum Gasteiger partial charge on any atom is 0.252 e. The number of rotatable bonds is 4. The summed E-state index contributed by atoms with van der Waals surface area (Å²) in [5, 5.41) is 0.943. The average Bonchev–Trinajstić information content (AvgIpc) is 3.31. The van der Waals surface area contributed by atoms with E-state index >= 15 is 0 Å². The number of carbonyl (C=O) groups is 1. The molecule has 1 N–H and O–H groups in total. The van der Waals surface area contributed by atoms with Gasteiger partial charge in [-0.25, -0.2) is 15.0 Å². The molecule has 2 unspecified atom stereocenters. The molecule has 0 saturated carbocycles. The number of aromatic nitrogens is 4. The molecule has 1 amide bonds. The first-order valence-corrected chi connectivity index (χ1v) is 12.5. The highest BCUT2D eigenvalue weighted by Crippen LogP contribution is 2.38. The second kappa shape index (κ2) is 8.30. The zero-order chi connectivity index (χ0) is 23.2. The van der Waals surface area contributed by atoms with Crippen molar-refractivity contribution in [1.29, 1.82) is 0 Å². The molecular formula is C24H22N6O3S. The van der Waals surface area contributed by atoms with Gasteiger partial charge in [0.05, 0.1) is 26.0 Å². The predicted molar refractivity (Wildman–Crippen MR) is 129 cm³/mol. The van der Waals surface area contributed by atoms with E-state index in [2.05, 4.69) is 15.0 Å². The fourth-order valence-electron chi connectivity index (χ4n) is 4.53. The average molecular weight is 475 g/mol. The van der Waals surface area contributed by atoms with Gasteiger partial charge in [0.25, 0.3) is 5.91 Å². The van der Waals surface area contributed by atoms with Gasteiger partial charge in [-0.3, -0.25) is 9.00 Å². The van der Waals surface area contributed by atoms with E-state index in [4.69, 9.17) is 9.72 Å². The molecule has 2 atom stereocenters. The minimum absolute atomic E-state index is 0.0389. The van der Waals surface area contributed by atoms with Gasteiger partial charge in [0.15, 0.2) is 11.6 Å². The molecule has 0 aliphatic carbocycles. The van der Waals surface area contributed by atoms with Crippen molar-refractivity contribution in [3.63, 3.8) is 0 Å². The molecule has 0 spiro atoms. The molecule has 1 saturated heterocycles. The summed E-state index contributed by atoms with van der Waals surface area (Å²) in [5.74, 6) is 1.26. The van der Waals surface area contributed by atoms with E-state index in [0.717, 1.165) is 32.9 Å². The Kier molecular flexibility index (Phi) is 5.11. The van der Waals surface area contributed by atoms with Crippen LogP contribution in [0.25, 0.3) is 22.4 Å². The molecule has 172 valence electrons. The Balaban J connectivity index is 1.42. The van der Waals surface area contributed by atoms with Crippen LogP contribution in [-0.2, 0) is 26.9 Å². The third-order valence-corrected chi connectivity index (χ3v) is 7.22. The molecule has 2 aliphatic rings. The van der Waals surface area contributed by atoms with E-state index in [1.54, 1.807) is 23.5 Å². The van der Waals surface area contributed by atoms with Gasteiger partial charge in [-0.1, -0.05) is 12.1 Å². The number of morpholine rings is 1. The molecule has 10 heteroatoms. The van der Waals surface area contributed by atoms with Gasteiger partial charge in [0.1, 0.15) is 17.4 Å². The van der Waals surface area contributed by atoms with Crippen molar-refractivity contribution in [2.24, 2.45) is 0 Å². The number of hydrogen-bond acceptors (Lipinski definition) is 7. The van der Waals surface area contributed by atoms with Gasteiger partial charge in [0.2, 0.25) is 0 Å². The number of pyridine rings is 1. The lowest BCUT2D eigenvalue weighted by Gasteiger charge is -2.43. The van der Waals surface area contributed by atoms with E-state index in [9.17, 15) is 9.00 Å². The monoisotopic (exact) mass is 474 g/mol. The quantitative estimate of drug-likeness (QED) is 0.485. The number of ether oxygens (including phenoxy) is 1. The number of amides is 1. The molecular weight excluding hydrogens is 452 g/mol. The van der Waals surface area contributed by atoms with Gasteiger partial charge in [-0.2, -0.15) is 0 Å². The van der Waals surface area contributed by atoms with E-state index in [0.29, 0.717) is 37.8 Å². The highest BCUT2D eigenvalue weighted by molar-refractivity contribution is 7.84. The molecule has 1 aromatic carbocycles. The van der Waals surface area contributed by atoms with Crippen molar-refractivity contribution in [3.8, 4) is 11.4 Å². The first-order chi connectivity index (χ1) is 16.6. The summed E-state index contributed by atoms with van der Waals surface area (Å²) in [6.45, 7) is 1.81. The topological polar surface area (TPSA) is 104 Å². The fraction of sp³-hybridized carbons (Fsp3) is 0.250. The van der Waals surface area contributed by atoms with E-state index < -0.39 is 16.8 Å². The summed E-state index contributed by atoms with van der Waals surface area (Å²) < 4.78 is 17.4. The zero-order valence-corrected chi connectivity index (χ0v) is 19.3. The minimum Gasteiger partial charge on any atom is -0.377 e. The number of fused-ring (bicyclic) bond motifs is 4. The van der Waals surface area contributed by atoms with Crippen LogP contribution in [-0.4, -0.2) is 62.1 Å². The normalized spacial score (nSPS) is 18.6. The lowest BCUT2D eigenvalue weighted by molar-refractivity contribution is -0.122. The third kappa shape index (κ3) is 3.46. The molecule has 3 aromatic heterocycles. The first kappa shape index (κ1) is 20.9. The lowest BCUT2D eigenvalue weighted by Crippen LogP contribution is -2.58. The number of H-pyrrole nitrogens is 1. The standard InChI is InChI=1S/C24H22N6O3S/c1-34(32)16-6-4-15(5-7-16)13-30-19-12-27-22(18-11-26-21-17(18)3-2-8-25-21)28-23(19)29-9-10-33-14-20(29)24(30)31/h2-8,11-12,20H,9-10,13-14H2,1H3,(H,25,26). The lowest BCUT2D eigenvalue weighted by atomic mass is 10.1. The highest BCUT2D eigenvalue weighted by atomic mass is 32.2. The molecule has 9 nitrogen and oxygen atoms in total. The van der Waals surface area contributed by atoms with Gasteiger partial charge < -0.3 is 19.5 Å². The number of anilines is 2. The summed E-state index contributed by atoms with van der Waals surface area (Å²) in [6.07, 6.45) is 6.98. The maximum atomic E-state index is 13.5. The summed E-state index contributed by atoms with van der Waals surface area (Å²) in [4.78, 5) is 35.1. The van der Waals surface area contributed by atoms with Crippen LogP contribution in [0.1, 0.15) is 5.56 Å². The second-order valence-electron chi connectivity index (χ2n) is 8.31. The Morgan fingerprint density at radius 2 is 2.06 bits per heavy atom. The van der Waals surface area contributed by atoms with Crippen molar-refractivity contribution in [2.45, 2.75) is 17.5 Å². The summed E-state index contributed by atoms with van der Waals surface area (Å²) in [5.41, 5.74) is 3.25. The predicted octanol–water partition coefficient (Wildman–Crippen LogP) is 2.51. The van der Waals surface area contributed by atoms with E-state index in [1.807, 2.05) is 47.5 Å². The maximum absolute atomic E-state index is 13.5. The van der Waals surface area contributed by atoms with Crippen LogP contribution in [0.15, 0.2) is 59.9 Å². The molecule has 4 aromatic rings. The second-order valence-corrected chi connectivity index (χ2v) is 9.69. The zero-order valence-electron chi connectivity index (χ0n) is 18.5. The number of benzene rings is 1. The van der Waals surface area contributed by atoms with Crippen LogP contribution in [0.2, 0.25) is 0 Å². The highest BCUT2D eigenvalue weighted by Gasteiger charge is 2.41. The van der Waals surface area contributed by atoms with Crippen LogP contribution in [0.4, 0.5) is 11.5 Å². The van der Waals surface area contributed by atoms with Gasteiger partial charge in [0, 0.05) is 51.8 Å². The van der Waals surface area contributed by atoms with Crippen LogP contribution < -0.4 is 9.80 Å². The summed E-state index contributed by atoms with van der Waals surface area (Å²) in [7, 11) is -1.05. The molecule has 1 fully saturated rings. The molecule has 0 radical (unpaired) electrons. The van der Waals surface area contributed by atoms with Crippen molar-refractivity contribution in [2.75, 3.05) is 35.8 Å². The summed E-state index contributed by atoms with van der Waals surface area (Å²) in [6, 6.07) is 10.9. The number of hydrogen-bond donors (Lipinski definition) is 1. The van der Waals surface area contributed by atoms with Crippen LogP contribution >= 0.6 is 0 Å². The van der Waals surface area contributed by atoms with Gasteiger partial charge in [-0.05, 0) is 29.8 Å². The number of carbonyl (C=O) groups excluding carboxylic acids is 1. The van der Waals surface area contributed by atoms with Crippen molar-refractivity contribution in [1.82, 2.24) is 19.9 Å². The molecule has 0 bridgehead atoms. The number of nitrogens with zero attached hydrogens (tertiary/aromatic N) is 5. The SMILES string of the molecule is CS(=O)c1ccc(CN2C(=O)C3COCCN3c3nc(-c4c[nH]c5ncccc45)ncc32)cc1. The minimum atomic E-state index is -1.05. The van der Waals surface area contributed by atoms with Crippen LogP contribution in [0, 0.1) is 0 Å².